The van der Waals surface area contributed by atoms with Gasteiger partial charge in [-0.05, 0) is 30.7 Å². The van der Waals surface area contributed by atoms with Gasteiger partial charge in [0.1, 0.15) is 6.33 Å². The first-order valence-corrected chi connectivity index (χ1v) is 5.85. The molecule has 3 N–H and O–H groups in total. The summed E-state index contributed by atoms with van der Waals surface area (Å²) < 4.78 is 5.20. The lowest BCUT2D eigenvalue weighted by Crippen LogP contribution is -2.19. The van der Waals surface area contributed by atoms with Crippen molar-refractivity contribution in [2.45, 2.75) is 6.92 Å². The summed E-state index contributed by atoms with van der Waals surface area (Å²) in [4.78, 5) is 15.2. The predicted octanol–water partition coefficient (Wildman–Crippen LogP) is 0.673. The molecule has 1 amide bonds. The number of phenolic OH excluding ortho intramolecular Hbond substituents is 1. The maximum atomic E-state index is 11.5. The molecule has 0 aliphatic rings. The second-order valence-corrected chi connectivity index (χ2v) is 3.69. The first-order valence-electron chi connectivity index (χ1n) is 5.85. The van der Waals surface area contributed by atoms with Crippen LogP contribution in [0.2, 0.25) is 0 Å². The molecule has 1 aromatic carbocycles. The zero-order valence-electron chi connectivity index (χ0n) is 10.7. The molecular formula is C12H13N5O3. The Hall–Kier alpha value is -2.90. The number of carbonyl (C=O) groups is 1. The highest BCUT2D eigenvalue weighted by atomic mass is 16.5. The van der Waals surface area contributed by atoms with Crippen LogP contribution in [0.3, 0.4) is 0 Å². The summed E-state index contributed by atoms with van der Waals surface area (Å²) in [6.45, 7) is 2.29. The molecule has 1 heterocycles. The van der Waals surface area contributed by atoms with Crippen molar-refractivity contribution < 1.29 is 14.6 Å². The summed E-state index contributed by atoms with van der Waals surface area (Å²) in [6.07, 6.45) is 2.62. The van der Waals surface area contributed by atoms with Crippen molar-refractivity contribution in [3.63, 3.8) is 0 Å². The Morgan fingerprint density at radius 2 is 2.45 bits per heavy atom. The summed E-state index contributed by atoms with van der Waals surface area (Å²) in [5.41, 5.74) is 2.89. The van der Waals surface area contributed by atoms with E-state index >= 15 is 0 Å². The number of benzene rings is 1. The lowest BCUT2D eigenvalue weighted by Gasteiger charge is -2.05. The van der Waals surface area contributed by atoms with Crippen molar-refractivity contribution in [3.8, 4) is 11.5 Å². The van der Waals surface area contributed by atoms with Gasteiger partial charge in [0.05, 0.1) is 12.8 Å². The van der Waals surface area contributed by atoms with Crippen molar-refractivity contribution in [1.29, 1.82) is 0 Å². The maximum Gasteiger partial charge on any atom is 0.308 e. The van der Waals surface area contributed by atoms with Crippen LogP contribution in [0.25, 0.3) is 0 Å². The number of aromatic nitrogens is 3. The molecule has 0 aliphatic carbocycles. The quantitative estimate of drug-likeness (QED) is 0.548. The number of carbonyl (C=O) groups excluding carboxylic acids is 1. The SMILES string of the molecule is CCOc1ccc(/C=N/NC(=O)c2ncn[nH]2)cc1O. The standard InChI is InChI=1S/C12H13N5O3/c1-2-20-10-4-3-8(5-9(10)18)6-14-17-12(19)11-13-7-15-16-11/h3-7,18H,2H2,1H3,(H,17,19)(H,13,15,16)/b14-6+. The van der Waals surface area contributed by atoms with Gasteiger partial charge >= 0.3 is 5.91 Å². The minimum atomic E-state index is -0.506. The highest BCUT2D eigenvalue weighted by Gasteiger charge is 2.06. The first kappa shape index (κ1) is 13.5. The van der Waals surface area contributed by atoms with E-state index in [0.717, 1.165) is 0 Å². The topological polar surface area (TPSA) is 112 Å². The molecule has 104 valence electrons. The molecule has 20 heavy (non-hydrogen) atoms. The smallest absolute Gasteiger partial charge is 0.308 e. The van der Waals surface area contributed by atoms with E-state index in [2.05, 4.69) is 25.7 Å². The van der Waals surface area contributed by atoms with E-state index in [1.54, 1.807) is 12.1 Å². The zero-order valence-corrected chi connectivity index (χ0v) is 10.7. The summed E-state index contributed by atoms with van der Waals surface area (Å²) >= 11 is 0. The third-order valence-electron chi connectivity index (χ3n) is 2.29. The van der Waals surface area contributed by atoms with Gasteiger partial charge in [0.2, 0.25) is 5.82 Å². The number of ether oxygens (including phenoxy) is 1. The molecule has 0 bridgehead atoms. The fourth-order valence-electron chi connectivity index (χ4n) is 1.43. The molecule has 1 aromatic heterocycles. The number of aromatic hydroxyl groups is 1. The Balaban J connectivity index is 1.98. The van der Waals surface area contributed by atoms with Crippen LogP contribution < -0.4 is 10.2 Å². The third-order valence-corrected chi connectivity index (χ3v) is 2.29. The first-order chi connectivity index (χ1) is 9.70. The highest BCUT2D eigenvalue weighted by Crippen LogP contribution is 2.25. The van der Waals surface area contributed by atoms with Gasteiger partial charge in [-0.1, -0.05) is 0 Å². The lowest BCUT2D eigenvalue weighted by molar-refractivity contribution is 0.0945. The summed E-state index contributed by atoms with van der Waals surface area (Å²) in [7, 11) is 0. The number of hydrazone groups is 1. The van der Waals surface area contributed by atoms with Gasteiger partial charge in [-0.15, -0.1) is 0 Å². The van der Waals surface area contributed by atoms with E-state index in [0.29, 0.717) is 17.9 Å². The van der Waals surface area contributed by atoms with Gasteiger partial charge in [-0.25, -0.2) is 10.4 Å². The van der Waals surface area contributed by atoms with Crippen LogP contribution in [0.15, 0.2) is 29.6 Å². The molecule has 8 heteroatoms. The molecule has 8 nitrogen and oxygen atoms in total. The minimum Gasteiger partial charge on any atom is -0.504 e. The zero-order chi connectivity index (χ0) is 14.4. The molecular weight excluding hydrogens is 262 g/mol. The number of phenols is 1. The molecule has 0 atom stereocenters. The molecule has 0 radical (unpaired) electrons. The van der Waals surface area contributed by atoms with Crippen LogP contribution >= 0.6 is 0 Å². The Kier molecular flexibility index (Phi) is 4.28. The molecule has 0 unspecified atom stereocenters. The number of nitrogens with one attached hydrogen (secondary N) is 2. The number of hydrogen-bond acceptors (Lipinski definition) is 6. The van der Waals surface area contributed by atoms with E-state index in [-0.39, 0.29) is 11.6 Å². The monoisotopic (exact) mass is 275 g/mol. The minimum absolute atomic E-state index is 0.0114. The Labute approximate surface area is 114 Å². The molecule has 0 spiro atoms. The summed E-state index contributed by atoms with van der Waals surface area (Å²) in [5, 5.41) is 19.4. The van der Waals surface area contributed by atoms with E-state index in [1.807, 2.05) is 6.92 Å². The van der Waals surface area contributed by atoms with Crippen molar-refractivity contribution in [2.75, 3.05) is 6.61 Å². The predicted molar refractivity (Wildman–Crippen MR) is 70.7 cm³/mol. The Bertz CT molecular complexity index is 610. The molecule has 0 saturated heterocycles. The van der Waals surface area contributed by atoms with Crippen molar-refractivity contribution in [1.82, 2.24) is 20.6 Å². The van der Waals surface area contributed by atoms with Crippen LogP contribution in [-0.2, 0) is 0 Å². The van der Waals surface area contributed by atoms with E-state index < -0.39 is 5.91 Å². The van der Waals surface area contributed by atoms with Gasteiger partial charge in [0.15, 0.2) is 11.5 Å². The second kappa shape index (κ2) is 6.32. The van der Waals surface area contributed by atoms with Gasteiger partial charge in [0.25, 0.3) is 0 Å². The molecule has 0 aliphatic heterocycles. The summed E-state index contributed by atoms with van der Waals surface area (Å²) in [5.74, 6) is -0.0293. The number of rotatable bonds is 5. The lowest BCUT2D eigenvalue weighted by atomic mass is 10.2. The van der Waals surface area contributed by atoms with Gasteiger partial charge < -0.3 is 9.84 Å². The molecule has 2 aromatic rings. The normalized spacial score (nSPS) is 10.7. The van der Waals surface area contributed by atoms with Gasteiger partial charge in [0, 0.05) is 0 Å². The Morgan fingerprint density at radius 3 is 3.10 bits per heavy atom. The molecule has 0 saturated carbocycles. The average Bonchev–Trinajstić information content (AvgIpc) is 2.96. The Morgan fingerprint density at radius 1 is 1.60 bits per heavy atom. The third kappa shape index (κ3) is 3.31. The van der Waals surface area contributed by atoms with E-state index in [9.17, 15) is 9.90 Å². The van der Waals surface area contributed by atoms with Crippen LogP contribution in [-0.4, -0.2) is 39.0 Å². The number of nitrogens with zero attached hydrogens (tertiary/aromatic N) is 3. The van der Waals surface area contributed by atoms with Gasteiger partial charge in [-0.2, -0.15) is 10.2 Å². The van der Waals surface area contributed by atoms with Crippen LogP contribution in [0.5, 0.6) is 11.5 Å². The number of aromatic amines is 1. The number of hydrogen-bond donors (Lipinski definition) is 3. The fraction of sp³-hybridized carbons (Fsp3) is 0.167. The van der Waals surface area contributed by atoms with Crippen LogP contribution in [0, 0.1) is 0 Å². The van der Waals surface area contributed by atoms with Crippen molar-refractivity contribution in [2.24, 2.45) is 5.10 Å². The van der Waals surface area contributed by atoms with E-state index in [4.69, 9.17) is 4.74 Å². The largest absolute Gasteiger partial charge is 0.504 e. The van der Waals surface area contributed by atoms with Crippen molar-refractivity contribution >= 4 is 12.1 Å². The van der Waals surface area contributed by atoms with Crippen LogP contribution in [0.1, 0.15) is 23.1 Å². The maximum absolute atomic E-state index is 11.5. The van der Waals surface area contributed by atoms with E-state index in [1.165, 1.54) is 18.6 Å². The highest BCUT2D eigenvalue weighted by molar-refractivity contribution is 5.91. The number of amides is 1. The molecule has 2 rings (SSSR count). The second-order valence-electron chi connectivity index (χ2n) is 3.69. The van der Waals surface area contributed by atoms with Gasteiger partial charge in [-0.3, -0.25) is 9.89 Å². The number of H-pyrrole nitrogens is 1. The fourth-order valence-corrected chi connectivity index (χ4v) is 1.43. The van der Waals surface area contributed by atoms with Crippen molar-refractivity contribution in [3.05, 3.63) is 35.9 Å². The van der Waals surface area contributed by atoms with Crippen LogP contribution in [0.4, 0.5) is 0 Å². The average molecular weight is 275 g/mol. The summed E-state index contributed by atoms with van der Waals surface area (Å²) in [6, 6.07) is 4.81. The molecule has 0 fully saturated rings.